The van der Waals surface area contributed by atoms with Crippen molar-refractivity contribution >= 4 is 23.4 Å². The van der Waals surface area contributed by atoms with Gasteiger partial charge in [-0.1, -0.05) is 11.6 Å². The third-order valence-corrected chi connectivity index (χ3v) is 3.87. The standard InChI is InChI=1S/C13H15ClN2O3/c1-13(12(15)19)4-5-16(7-13)11(18)9-6-8(17)2-3-10(9)14/h2-3,6,17H,4-5,7H2,1H3,(H2,15,19). The van der Waals surface area contributed by atoms with E-state index in [1.54, 1.807) is 6.92 Å². The van der Waals surface area contributed by atoms with Gasteiger partial charge in [0.2, 0.25) is 5.91 Å². The highest BCUT2D eigenvalue weighted by Crippen LogP contribution is 2.32. The lowest BCUT2D eigenvalue weighted by Gasteiger charge is -2.21. The van der Waals surface area contributed by atoms with Gasteiger partial charge in [-0.15, -0.1) is 0 Å². The number of hydrogen-bond donors (Lipinski definition) is 2. The topological polar surface area (TPSA) is 83.6 Å². The summed E-state index contributed by atoms with van der Waals surface area (Å²) in [5.41, 5.74) is 4.88. The molecule has 0 saturated carbocycles. The van der Waals surface area contributed by atoms with Crippen LogP contribution in [0.4, 0.5) is 0 Å². The van der Waals surface area contributed by atoms with Crippen molar-refractivity contribution in [2.24, 2.45) is 11.1 Å². The van der Waals surface area contributed by atoms with Gasteiger partial charge in [-0.25, -0.2) is 0 Å². The Balaban J connectivity index is 2.22. The zero-order chi connectivity index (χ0) is 14.2. The molecule has 1 unspecified atom stereocenters. The monoisotopic (exact) mass is 282 g/mol. The number of benzene rings is 1. The van der Waals surface area contributed by atoms with Gasteiger partial charge in [0.25, 0.3) is 5.91 Å². The van der Waals surface area contributed by atoms with E-state index in [1.807, 2.05) is 0 Å². The molecule has 3 N–H and O–H groups in total. The molecule has 1 fully saturated rings. The van der Waals surface area contributed by atoms with Gasteiger partial charge in [-0.05, 0) is 31.5 Å². The molecule has 0 bridgehead atoms. The first kappa shape index (κ1) is 13.7. The van der Waals surface area contributed by atoms with Gasteiger partial charge in [0, 0.05) is 13.1 Å². The molecule has 102 valence electrons. The van der Waals surface area contributed by atoms with E-state index in [-0.39, 0.29) is 28.8 Å². The van der Waals surface area contributed by atoms with E-state index >= 15 is 0 Å². The molecule has 0 aromatic heterocycles. The van der Waals surface area contributed by atoms with Crippen molar-refractivity contribution in [1.29, 1.82) is 0 Å². The molecule has 1 saturated heterocycles. The fraction of sp³-hybridized carbons (Fsp3) is 0.385. The molecular weight excluding hydrogens is 268 g/mol. The number of primary amides is 1. The van der Waals surface area contributed by atoms with Crippen LogP contribution in [0.3, 0.4) is 0 Å². The van der Waals surface area contributed by atoms with Crippen LogP contribution in [0.25, 0.3) is 0 Å². The molecule has 1 aromatic carbocycles. The maximum Gasteiger partial charge on any atom is 0.255 e. The van der Waals surface area contributed by atoms with Gasteiger partial charge < -0.3 is 15.7 Å². The van der Waals surface area contributed by atoms with Crippen LogP contribution in [0, 0.1) is 5.41 Å². The summed E-state index contributed by atoms with van der Waals surface area (Å²) < 4.78 is 0. The molecule has 1 aliphatic heterocycles. The molecule has 1 aromatic rings. The lowest BCUT2D eigenvalue weighted by molar-refractivity contribution is -0.126. The predicted molar refractivity (Wildman–Crippen MR) is 70.9 cm³/mol. The summed E-state index contributed by atoms with van der Waals surface area (Å²) in [5.74, 6) is -0.736. The zero-order valence-electron chi connectivity index (χ0n) is 10.5. The minimum atomic E-state index is -0.695. The summed E-state index contributed by atoms with van der Waals surface area (Å²) in [6, 6.07) is 4.20. The highest BCUT2D eigenvalue weighted by molar-refractivity contribution is 6.33. The van der Waals surface area contributed by atoms with Crippen LogP contribution >= 0.6 is 11.6 Å². The first-order valence-electron chi connectivity index (χ1n) is 5.91. The Labute approximate surface area is 116 Å². The molecule has 0 radical (unpaired) electrons. The number of hydrogen-bond acceptors (Lipinski definition) is 3. The minimum Gasteiger partial charge on any atom is -0.508 e. The van der Waals surface area contributed by atoms with E-state index in [4.69, 9.17) is 17.3 Å². The van der Waals surface area contributed by atoms with Gasteiger partial charge in [-0.3, -0.25) is 9.59 Å². The molecule has 1 aliphatic rings. The number of carbonyl (C=O) groups excluding carboxylic acids is 2. The van der Waals surface area contributed by atoms with Crippen molar-refractivity contribution < 1.29 is 14.7 Å². The Hall–Kier alpha value is -1.75. The molecule has 2 rings (SSSR count). The minimum absolute atomic E-state index is 0.0235. The van der Waals surface area contributed by atoms with E-state index in [2.05, 4.69) is 0 Å². The Bertz CT molecular complexity index is 547. The number of amides is 2. The molecule has 2 amide bonds. The first-order chi connectivity index (χ1) is 8.83. The third-order valence-electron chi connectivity index (χ3n) is 3.54. The number of halogens is 1. The number of rotatable bonds is 2. The second kappa shape index (κ2) is 4.74. The van der Waals surface area contributed by atoms with Crippen LogP contribution in [-0.2, 0) is 4.79 Å². The molecule has 1 atom stereocenters. The number of phenolic OH excluding ortho intramolecular Hbond substituents is 1. The lowest BCUT2D eigenvalue weighted by atomic mass is 9.89. The number of phenols is 1. The molecule has 19 heavy (non-hydrogen) atoms. The van der Waals surface area contributed by atoms with Crippen molar-refractivity contribution in [3.05, 3.63) is 28.8 Å². The summed E-state index contributed by atoms with van der Waals surface area (Å²) in [7, 11) is 0. The number of nitrogens with two attached hydrogens (primary N) is 1. The number of aromatic hydroxyl groups is 1. The molecule has 5 nitrogen and oxygen atoms in total. The Kier molecular flexibility index (Phi) is 3.41. The molecular formula is C13H15ClN2O3. The molecule has 0 spiro atoms. The third kappa shape index (κ3) is 2.51. The summed E-state index contributed by atoms with van der Waals surface area (Å²) in [6.45, 7) is 2.46. The normalized spacial score (nSPS) is 22.5. The number of likely N-dealkylation sites (tertiary alicyclic amines) is 1. The van der Waals surface area contributed by atoms with Crippen molar-refractivity contribution in [3.8, 4) is 5.75 Å². The van der Waals surface area contributed by atoms with E-state index < -0.39 is 11.3 Å². The fourth-order valence-electron chi connectivity index (χ4n) is 2.18. The lowest BCUT2D eigenvalue weighted by Crippen LogP contribution is -2.38. The highest BCUT2D eigenvalue weighted by Gasteiger charge is 2.41. The smallest absolute Gasteiger partial charge is 0.255 e. The fourth-order valence-corrected chi connectivity index (χ4v) is 2.38. The van der Waals surface area contributed by atoms with Crippen molar-refractivity contribution in [1.82, 2.24) is 4.90 Å². The Morgan fingerprint density at radius 1 is 1.47 bits per heavy atom. The summed E-state index contributed by atoms with van der Waals surface area (Å²) in [5, 5.41) is 9.69. The van der Waals surface area contributed by atoms with Crippen molar-refractivity contribution in [3.63, 3.8) is 0 Å². The first-order valence-corrected chi connectivity index (χ1v) is 6.29. The summed E-state index contributed by atoms with van der Waals surface area (Å²) in [4.78, 5) is 25.2. The van der Waals surface area contributed by atoms with Gasteiger partial charge in [-0.2, -0.15) is 0 Å². The van der Waals surface area contributed by atoms with Gasteiger partial charge in [0.15, 0.2) is 0 Å². The van der Waals surface area contributed by atoms with Crippen LogP contribution in [0.1, 0.15) is 23.7 Å². The maximum absolute atomic E-state index is 12.3. The van der Waals surface area contributed by atoms with Gasteiger partial charge >= 0.3 is 0 Å². The second-order valence-corrected chi connectivity index (χ2v) is 5.47. The Morgan fingerprint density at radius 2 is 2.16 bits per heavy atom. The van der Waals surface area contributed by atoms with E-state index in [1.165, 1.54) is 23.1 Å². The van der Waals surface area contributed by atoms with Crippen LogP contribution in [0.2, 0.25) is 5.02 Å². The maximum atomic E-state index is 12.3. The number of carbonyl (C=O) groups is 2. The number of nitrogens with zero attached hydrogens (tertiary/aromatic N) is 1. The van der Waals surface area contributed by atoms with Crippen LogP contribution in [0.15, 0.2) is 18.2 Å². The highest BCUT2D eigenvalue weighted by atomic mass is 35.5. The largest absolute Gasteiger partial charge is 0.508 e. The predicted octanol–water partition coefficient (Wildman–Crippen LogP) is 1.38. The summed E-state index contributed by atoms with van der Waals surface area (Å²) in [6.07, 6.45) is 0.532. The quantitative estimate of drug-likeness (QED) is 0.859. The molecule has 6 heteroatoms. The van der Waals surface area contributed by atoms with Crippen LogP contribution in [-0.4, -0.2) is 34.9 Å². The van der Waals surface area contributed by atoms with Crippen LogP contribution < -0.4 is 5.73 Å². The SMILES string of the molecule is CC1(C(N)=O)CCN(C(=O)c2cc(O)ccc2Cl)C1. The van der Waals surface area contributed by atoms with E-state index in [9.17, 15) is 14.7 Å². The van der Waals surface area contributed by atoms with Crippen LogP contribution in [0.5, 0.6) is 5.75 Å². The van der Waals surface area contributed by atoms with Crippen molar-refractivity contribution in [2.75, 3.05) is 13.1 Å². The van der Waals surface area contributed by atoms with Crippen molar-refractivity contribution in [2.45, 2.75) is 13.3 Å². The summed E-state index contributed by atoms with van der Waals surface area (Å²) >= 11 is 5.95. The average molecular weight is 283 g/mol. The van der Waals surface area contributed by atoms with E-state index in [0.29, 0.717) is 13.0 Å². The van der Waals surface area contributed by atoms with E-state index in [0.717, 1.165) is 0 Å². The Morgan fingerprint density at radius 3 is 2.74 bits per heavy atom. The van der Waals surface area contributed by atoms with Gasteiger partial charge in [0.05, 0.1) is 16.0 Å². The van der Waals surface area contributed by atoms with Gasteiger partial charge in [0.1, 0.15) is 5.75 Å². The molecule has 1 heterocycles. The average Bonchev–Trinajstić information content (AvgIpc) is 2.76. The second-order valence-electron chi connectivity index (χ2n) is 5.07. The zero-order valence-corrected chi connectivity index (χ0v) is 11.3. The molecule has 0 aliphatic carbocycles.